The van der Waals surface area contributed by atoms with E-state index in [0.717, 1.165) is 18.8 Å². The maximum absolute atomic E-state index is 12.0. The fourth-order valence-corrected chi connectivity index (χ4v) is 2.84. The Bertz CT molecular complexity index is 540. The van der Waals surface area contributed by atoms with Gasteiger partial charge in [0.05, 0.1) is 11.4 Å². The first-order valence-electron chi connectivity index (χ1n) is 6.58. The third-order valence-electron chi connectivity index (χ3n) is 3.04. The number of carbonyl (C=O) groups is 1. The molecule has 5 heteroatoms. The van der Waals surface area contributed by atoms with Crippen molar-refractivity contribution in [2.24, 2.45) is 0 Å². The molecule has 20 heavy (non-hydrogen) atoms. The number of nitrogens with one attached hydrogen (secondary N) is 2. The molecule has 0 saturated carbocycles. The number of hydrogen-bond acceptors (Lipinski definition) is 2. The van der Waals surface area contributed by atoms with E-state index in [9.17, 15) is 4.79 Å². The average molecular weight is 310 g/mol. The average Bonchev–Trinajstić information content (AvgIpc) is 2.93. The van der Waals surface area contributed by atoms with Gasteiger partial charge in [0.15, 0.2) is 6.54 Å². The second-order valence-electron chi connectivity index (χ2n) is 4.59. The van der Waals surface area contributed by atoms with Crippen LogP contribution in [0.4, 0.5) is 5.69 Å². The maximum Gasteiger partial charge on any atom is 0.279 e. The van der Waals surface area contributed by atoms with Gasteiger partial charge in [0.25, 0.3) is 5.91 Å². The number of rotatable bonds is 6. The molecule has 1 heterocycles. The van der Waals surface area contributed by atoms with Crippen LogP contribution in [0.1, 0.15) is 11.8 Å². The van der Waals surface area contributed by atoms with E-state index < -0.39 is 0 Å². The number of halogens is 1. The van der Waals surface area contributed by atoms with Gasteiger partial charge in [0, 0.05) is 10.7 Å². The molecule has 1 aromatic heterocycles. The lowest BCUT2D eigenvalue weighted by molar-refractivity contribution is -0.903. The largest absolute Gasteiger partial charge is 0.323 e. The summed E-state index contributed by atoms with van der Waals surface area (Å²) in [7, 11) is 0. The first kappa shape index (κ1) is 15.0. The summed E-state index contributed by atoms with van der Waals surface area (Å²) < 4.78 is 0. The smallest absolute Gasteiger partial charge is 0.279 e. The van der Waals surface area contributed by atoms with E-state index in [1.807, 2.05) is 18.2 Å². The molecule has 0 aliphatic rings. The van der Waals surface area contributed by atoms with Crippen molar-refractivity contribution in [1.82, 2.24) is 0 Å². The zero-order valence-electron chi connectivity index (χ0n) is 11.4. The highest BCUT2D eigenvalue weighted by Crippen LogP contribution is 2.13. The SMILES string of the molecule is CC[NH+](CC(=O)Nc1ccc(Cl)cc1)Cc1cccs1. The predicted molar refractivity (Wildman–Crippen MR) is 84.5 cm³/mol. The van der Waals surface area contributed by atoms with Crippen LogP contribution in [0.2, 0.25) is 5.02 Å². The first-order chi connectivity index (χ1) is 9.67. The van der Waals surface area contributed by atoms with Crippen LogP contribution < -0.4 is 10.2 Å². The van der Waals surface area contributed by atoms with Crippen LogP contribution in [0.3, 0.4) is 0 Å². The number of likely N-dealkylation sites (N-methyl/N-ethyl adjacent to an activating group) is 1. The summed E-state index contributed by atoms with van der Waals surface area (Å²) in [5.74, 6) is 0.0285. The molecular formula is C15H18ClN2OS+. The molecule has 2 rings (SSSR count). The molecule has 0 radical (unpaired) electrons. The summed E-state index contributed by atoms with van der Waals surface area (Å²) in [5, 5.41) is 5.63. The van der Waals surface area contributed by atoms with E-state index in [1.54, 1.807) is 23.5 Å². The Balaban J connectivity index is 1.87. The Morgan fingerprint density at radius 1 is 1.30 bits per heavy atom. The Kier molecular flexibility index (Phi) is 5.59. The lowest BCUT2D eigenvalue weighted by atomic mass is 10.3. The van der Waals surface area contributed by atoms with Gasteiger partial charge < -0.3 is 10.2 Å². The minimum Gasteiger partial charge on any atom is -0.323 e. The molecule has 1 amide bonds. The summed E-state index contributed by atoms with van der Waals surface area (Å²) in [6.45, 7) is 4.38. The molecule has 1 unspecified atom stereocenters. The molecule has 0 saturated heterocycles. The van der Waals surface area contributed by atoms with Crippen molar-refractivity contribution in [3.8, 4) is 0 Å². The lowest BCUT2D eigenvalue weighted by Crippen LogP contribution is -3.11. The van der Waals surface area contributed by atoms with Gasteiger partial charge in [0.2, 0.25) is 0 Å². The fourth-order valence-electron chi connectivity index (χ4n) is 1.94. The van der Waals surface area contributed by atoms with E-state index >= 15 is 0 Å². The number of quaternary nitrogens is 1. The molecule has 1 aromatic carbocycles. The minimum absolute atomic E-state index is 0.0285. The highest BCUT2D eigenvalue weighted by Gasteiger charge is 2.13. The Morgan fingerprint density at radius 3 is 2.65 bits per heavy atom. The predicted octanol–water partition coefficient (Wildman–Crippen LogP) is 2.45. The summed E-state index contributed by atoms with van der Waals surface area (Å²) in [6.07, 6.45) is 0. The van der Waals surface area contributed by atoms with Gasteiger partial charge in [-0.15, -0.1) is 11.3 Å². The van der Waals surface area contributed by atoms with Gasteiger partial charge >= 0.3 is 0 Å². The van der Waals surface area contributed by atoms with Crippen molar-refractivity contribution < 1.29 is 9.69 Å². The molecule has 0 aliphatic carbocycles. The van der Waals surface area contributed by atoms with Crippen LogP contribution in [-0.2, 0) is 11.3 Å². The fraction of sp³-hybridized carbons (Fsp3) is 0.267. The number of amides is 1. The van der Waals surface area contributed by atoms with Gasteiger partial charge in [-0.1, -0.05) is 17.7 Å². The van der Waals surface area contributed by atoms with Crippen LogP contribution >= 0.6 is 22.9 Å². The summed E-state index contributed by atoms with van der Waals surface area (Å²) in [4.78, 5) is 14.6. The van der Waals surface area contributed by atoms with Crippen LogP contribution in [0.25, 0.3) is 0 Å². The van der Waals surface area contributed by atoms with Gasteiger partial charge in [-0.25, -0.2) is 0 Å². The van der Waals surface area contributed by atoms with Crippen molar-refractivity contribution in [2.75, 3.05) is 18.4 Å². The van der Waals surface area contributed by atoms with Gasteiger partial charge in [-0.3, -0.25) is 4.79 Å². The molecule has 2 aromatic rings. The number of thiophene rings is 1. The molecule has 3 nitrogen and oxygen atoms in total. The molecule has 0 spiro atoms. The van der Waals surface area contributed by atoms with E-state index in [1.165, 1.54) is 9.78 Å². The molecule has 0 aliphatic heterocycles. The second-order valence-corrected chi connectivity index (χ2v) is 6.06. The van der Waals surface area contributed by atoms with Crippen LogP contribution in [-0.4, -0.2) is 19.0 Å². The number of hydrogen-bond donors (Lipinski definition) is 2. The molecular weight excluding hydrogens is 292 g/mol. The third kappa shape index (κ3) is 4.63. The maximum atomic E-state index is 12.0. The van der Waals surface area contributed by atoms with E-state index in [2.05, 4.69) is 23.7 Å². The topological polar surface area (TPSA) is 33.5 Å². The third-order valence-corrected chi connectivity index (χ3v) is 4.17. The van der Waals surface area contributed by atoms with E-state index in [-0.39, 0.29) is 5.91 Å². The molecule has 106 valence electrons. The van der Waals surface area contributed by atoms with Crippen LogP contribution in [0, 0.1) is 0 Å². The highest BCUT2D eigenvalue weighted by atomic mass is 35.5. The number of anilines is 1. The van der Waals surface area contributed by atoms with Gasteiger partial charge in [-0.2, -0.15) is 0 Å². The van der Waals surface area contributed by atoms with Crippen molar-refractivity contribution in [3.05, 3.63) is 51.7 Å². The first-order valence-corrected chi connectivity index (χ1v) is 7.84. The quantitative estimate of drug-likeness (QED) is 0.844. The minimum atomic E-state index is 0.0285. The summed E-state index contributed by atoms with van der Waals surface area (Å²) >= 11 is 7.55. The Labute approximate surface area is 128 Å². The van der Waals surface area contributed by atoms with Crippen molar-refractivity contribution in [1.29, 1.82) is 0 Å². The monoisotopic (exact) mass is 309 g/mol. The number of benzene rings is 1. The molecule has 2 N–H and O–H groups in total. The van der Waals surface area contributed by atoms with Gasteiger partial charge in [0.1, 0.15) is 6.54 Å². The summed E-state index contributed by atoms with van der Waals surface area (Å²) in [5.41, 5.74) is 0.783. The molecule has 1 atom stereocenters. The number of carbonyl (C=O) groups excluding carboxylic acids is 1. The molecule has 0 bridgehead atoms. The van der Waals surface area contributed by atoms with Crippen molar-refractivity contribution >= 4 is 34.5 Å². The summed E-state index contributed by atoms with van der Waals surface area (Å²) in [6, 6.07) is 11.3. The zero-order chi connectivity index (χ0) is 14.4. The van der Waals surface area contributed by atoms with Crippen molar-refractivity contribution in [2.45, 2.75) is 13.5 Å². The highest BCUT2D eigenvalue weighted by molar-refractivity contribution is 7.09. The Hall–Kier alpha value is -1.36. The Morgan fingerprint density at radius 2 is 2.05 bits per heavy atom. The van der Waals surface area contributed by atoms with Gasteiger partial charge in [-0.05, 0) is 42.6 Å². The van der Waals surface area contributed by atoms with E-state index in [4.69, 9.17) is 11.6 Å². The van der Waals surface area contributed by atoms with Crippen LogP contribution in [0.5, 0.6) is 0 Å². The zero-order valence-corrected chi connectivity index (χ0v) is 12.9. The molecule has 0 fully saturated rings. The normalized spacial score (nSPS) is 12.1. The standard InChI is InChI=1S/C15H17ClN2OS/c1-2-18(10-14-4-3-9-20-14)11-15(19)17-13-7-5-12(16)6-8-13/h3-9H,2,10-11H2,1H3,(H,17,19)/p+1. The second kappa shape index (κ2) is 7.43. The van der Waals surface area contributed by atoms with Crippen LogP contribution in [0.15, 0.2) is 41.8 Å². The lowest BCUT2D eigenvalue weighted by Gasteiger charge is -2.16. The van der Waals surface area contributed by atoms with E-state index in [0.29, 0.717) is 11.6 Å². The van der Waals surface area contributed by atoms with Crippen molar-refractivity contribution in [3.63, 3.8) is 0 Å².